The Balaban J connectivity index is 2.38. The average Bonchev–Trinajstić information content (AvgIpc) is 2.90. The van der Waals surface area contributed by atoms with Gasteiger partial charge in [-0.15, -0.1) is 0 Å². The van der Waals surface area contributed by atoms with Crippen molar-refractivity contribution in [3.05, 3.63) is 63.9 Å². The minimum atomic E-state index is -3.93. The quantitative estimate of drug-likeness (QED) is 0.445. The molecule has 0 fully saturated rings. The van der Waals surface area contributed by atoms with Crippen molar-refractivity contribution < 1.29 is 17.9 Å². The molecule has 0 spiro atoms. The van der Waals surface area contributed by atoms with E-state index in [1.54, 1.807) is 49.4 Å². The third-order valence-corrected chi connectivity index (χ3v) is 6.34. The van der Waals surface area contributed by atoms with E-state index in [-0.39, 0.29) is 17.2 Å². The van der Waals surface area contributed by atoms with E-state index >= 15 is 0 Å². The van der Waals surface area contributed by atoms with Crippen LogP contribution in [-0.2, 0) is 14.8 Å². The Bertz CT molecular complexity index is 1010. The highest BCUT2D eigenvalue weighted by molar-refractivity contribution is 14.1. The molecule has 0 amide bonds. The van der Waals surface area contributed by atoms with Crippen LogP contribution in [0.1, 0.15) is 17.4 Å². The molecule has 0 aliphatic heterocycles. The average molecular weight is 455 g/mol. The van der Waals surface area contributed by atoms with Gasteiger partial charge in [-0.3, -0.25) is 0 Å². The monoisotopic (exact) mass is 455 g/mol. The van der Waals surface area contributed by atoms with Crippen LogP contribution in [0, 0.1) is 3.57 Å². The lowest BCUT2D eigenvalue weighted by Crippen LogP contribution is -2.20. The van der Waals surface area contributed by atoms with E-state index in [9.17, 15) is 13.2 Å². The number of benzene rings is 2. The number of aromatic nitrogens is 1. The van der Waals surface area contributed by atoms with E-state index in [0.29, 0.717) is 14.5 Å². The van der Waals surface area contributed by atoms with Gasteiger partial charge in [-0.1, -0.05) is 36.4 Å². The molecule has 24 heavy (non-hydrogen) atoms. The van der Waals surface area contributed by atoms with Gasteiger partial charge in [0.25, 0.3) is 10.0 Å². The molecule has 0 N–H and O–H groups in total. The van der Waals surface area contributed by atoms with Gasteiger partial charge in [0.15, 0.2) is 5.69 Å². The molecule has 3 aromatic rings. The first-order valence-electron chi connectivity index (χ1n) is 7.25. The molecule has 0 saturated carbocycles. The Morgan fingerprint density at radius 3 is 2.38 bits per heavy atom. The normalized spacial score (nSPS) is 11.6. The molecule has 7 heteroatoms. The minimum Gasteiger partial charge on any atom is -0.461 e. The van der Waals surface area contributed by atoms with E-state index in [1.165, 1.54) is 12.1 Å². The maximum Gasteiger partial charge on any atom is 0.357 e. The second-order valence-corrected chi connectivity index (χ2v) is 7.85. The van der Waals surface area contributed by atoms with E-state index in [0.717, 1.165) is 3.97 Å². The van der Waals surface area contributed by atoms with Crippen molar-refractivity contribution in [1.82, 2.24) is 3.97 Å². The SMILES string of the molecule is CCOC(=O)c1c(I)c2ccccc2n1S(=O)(=O)c1ccccc1. The van der Waals surface area contributed by atoms with Crippen LogP contribution in [-0.4, -0.2) is 25.0 Å². The van der Waals surface area contributed by atoms with Crippen molar-refractivity contribution >= 4 is 49.5 Å². The third kappa shape index (κ3) is 2.71. The van der Waals surface area contributed by atoms with Crippen LogP contribution in [0.5, 0.6) is 0 Å². The number of nitrogens with zero attached hydrogens (tertiary/aromatic N) is 1. The Labute approximate surface area is 153 Å². The Hall–Kier alpha value is -1.87. The van der Waals surface area contributed by atoms with Crippen molar-refractivity contribution in [2.24, 2.45) is 0 Å². The molecule has 5 nitrogen and oxygen atoms in total. The standard InChI is InChI=1S/C17H14INO4S/c1-2-23-17(20)16-15(18)13-10-6-7-11-14(13)19(16)24(21,22)12-8-4-3-5-9-12/h3-11H,2H2,1H3. The van der Waals surface area contributed by atoms with Gasteiger partial charge >= 0.3 is 5.97 Å². The molecule has 0 aliphatic carbocycles. The Kier molecular flexibility index (Phi) is 4.64. The van der Waals surface area contributed by atoms with Gasteiger partial charge in [0, 0.05) is 5.39 Å². The summed E-state index contributed by atoms with van der Waals surface area (Å²) < 4.78 is 33.0. The van der Waals surface area contributed by atoms with Crippen molar-refractivity contribution in [3.63, 3.8) is 0 Å². The summed E-state index contributed by atoms with van der Waals surface area (Å²) in [5.74, 6) is -0.655. The number of fused-ring (bicyclic) bond motifs is 1. The summed E-state index contributed by atoms with van der Waals surface area (Å²) in [6.07, 6.45) is 0. The van der Waals surface area contributed by atoms with Crippen LogP contribution in [0.2, 0.25) is 0 Å². The molecule has 0 radical (unpaired) electrons. The van der Waals surface area contributed by atoms with Gasteiger partial charge in [-0.05, 0) is 47.7 Å². The number of para-hydroxylation sites is 1. The van der Waals surface area contributed by atoms with Crippen molar-refractivity contribution in [1.29, 1.82) is 0 Å². The Morgan fingerprint density at radius 1 is 1.08 bits per heavy atom. The van der Waals surface area contributed by atoms with Crippen molar-refractivity contribution in [3.8, 4) is 0 Å². The summed E-state index contributed by atoms with van der Waals surface area (Å²) in [7, 11) is -3.93. The van der Waals surface area contributed by atoms with Crippen LogP contribution in [0.15, 0.2) is 59.5 Å². The van der Waals surface area contributed by atoms with E-state index < -0.39 is 16.0 Å². The first kappa shape index (κ1) is 17.0. The van der Waals surface area contributed by atoms with E-state index in [1.807, 2.05) is 22.6 Å². The number of ether oxygens (including phenoxy) is 1. The molecular formula is C17H14INO4S. The number of carbonyl (C=O) groups excluding carboxylic acids is 1. The zero-order valence-corrected chi connectivity index (χ0v) is 15.7. The third-order valence-electron chi connectivity index (χ3n) is 3.52. The van der Waals surface area contributed by atoms with Crippen molar-refractivity contribution in [2.45, 2.75) is 11.8 Å². The van der Waals surface area contributed by atoms with Gasteiger partial charge in [-0.2, -0.15) is 0 Å². The zero-order valence-electron chi connectivity index (χ0n) is 12.8. The predicted molar refractivity (Wildman–Crippen MR) is 99.6 cm³/mol. The highest BCUT2D eigenvalue weighted by Gasteiger charge is 2.30. The first-order chi connectivity index (χ1) is 11.5. The second kappa shape index (κ2) is 6.56. The number of carbonyl (C=O) groups is 1. The summed E-state index contributed by atoms with van der Waals surface area (Å²) in [5, 5.41) is 0.695. The molecule has 0 atom stereocenters. The lowest BCUT2D eigenvalue weighted by Gasteiger charge is -2.11. The molecular weight excluding hydrogens is 441 g/mol. The lowest BCUT2D eigenvalue weighted by atomic mass is 10.2. The van der Waals surface area contributed by atoms with Crippen LogP contribution >= 0.6 is 22.6 Å². The smallest absolute Gasteiger partial charge is 0.357 e. The van der Waals surface area contributed by atoms with Gasteiger partial charge in [-0.25, -0.2) is 17.2 Å². The second-order valence-electron chi connectivity index (χ2n) is 4.98. The van der Waals surface area contributed by atoms with Crippen LogP contribution < -0.4 is 0 Å². The number of rotatable bonds is 4. The van der Waals surface area contributed by atoms with Gasteiger partial charge < -0.3 is 4.74 Å². The first-order valence-corrected chi connectivity index (χ1v) is 9.77. The van der Waals surface area contributed by atoms with Gasteiger partial charge in [0.05, 0.1) is 20.6 Å². The number of halogens is 1. The molecule has 0 saturated heterocycles. The maximum atomic E-state index is 13.1. The molecule has 1 aromatic heterocycles. The fraction of sp³-hybridized carbons (Fsp3) is 0.118. The zero-order chi connectivity index (χ0) is 17.3. The number of hydrogen-bond acceptors (Lipinski definition) is 4. The number of hydrogen-bond donors (Lipinski definition) is 0. The summed E-state index contributed by atoms with van der Waals surface area (Å²) in [5.41, 5.74) is 0.483. The van der Waals surface area contributed by atoms with Gasteiger partial charge in [0.2, 0.25) is 0 Å². The molecule has 0 bridgehead atoms. The largest absolute Gasteiger partial charge is 0.461 e. The molecule has 124 valence electrons. The van der Waals surface area contributed by atoms with Crippen LogP contribution in [0.3, 0.4) is 0 Å². The topological polar surface area (TPSA) is 65.4 Å². The maximum absolute atomic E-state index is 13.1. The molecule has 0 aliphatic rings. The fourth-order valence-electron chi connectivity index (χ4n) is 2.49. The van der Waals surface area contributed by atoms with Crippen LogP contribution in [0.25, 0.3) is 10.9 Å². The fourth-order valence-corrected chi connectivity index (χ4v) is 5.11. The highest BCUT2D eigenvalue weighted by Crippen LogP contribution is 2.31. The summed E-state index contributed by atoms with van der Waals surface area (Å²) in [6.45, 7) is 1.85. The Morgan fingerprint density at radius 2 is 1.71 bits per heavy atom. The summed E-state index contributed by atoms with van der Waals surface area (Å²) >= 11 is 1.99. The van der Waals surface area contributed by atoms with Crippen molar-refractivity contribution in [2.75, 3.05) is 6.61 Å². The van der Waals surface area contributed by atoms with E-state index in [4.69, 9.17) is 4.74 Å². The lowest BCUT2D eigenvalue weighted by molar-refractivity contribution is 0.0517. The molecule has 3 rings (SSSR count). The van der Waals surface area contributed by atoms with Gasteiger partial charge in [0.1, 0.15) is 0 Å². The predicted octanol–water partition coefficient (Wildman–Crippen LogP) is 3.66. The number of esters is 1. The minimum absolute atomic E-state index is 0.0301. The molecule has 2 aromatic carbocycles. The molecule has 0 unspecified atom stereocenters. The summed E-state index contributed by atoms with van der Waals surface area (Å²) in [4.78, 5) is 12.5. The highest BCUT2D eigenvalue weighted by atomic mass is 127. The van der Waals surface area contributed by atoms with E-state index in [2.05, 4.69) is 0 Å². The molecule has 1 heterocycles. The van der Waals surface area contributed by atoms with Crippen LogP contribution in [0.4, 0.5) is 0 Å². The summed E-state index contributed by atoms with van der Waals surface area (Å²) in [6, 6.07) is 15.1.